The minimum absolute atomic E-state index is 0.0937. The molecular formula is C13H22N4O2S. The molecule has 1 aromatic rings. The molecular weight excluding hydrogens is 276 g/mol. The summed E-state index contributed by atoms with van der Waals surface area (Å²) in [6.07, 6.45) is 4.82. The molecule has 1 aromatic heterocycles. The smallest absolute Gasteiger partial charge is 0.290 e. The number of hydrogen-bond acceptors (Lipinski definition) is 4. The summed E-state index contributed by atoms with van der Waals surface area (Å²) in [4.78, 5) is 18.4. The Morgan fingerprint density at radius 2 is 2.30 bits per heavy atom. The van der Waals surface area contributed by atoms with Crippen LogP contribution in [0.3, 0.4) is 0 Å². The molecule has 0 saturated carbocycles. The lowest BCUT2D eigenvalue weighted by Gasteiger charge is -2.25. The van der Waals surface area contributed by atoms with E-state index < -0.39 is 0 Å². The Balaban J connectivity index is 0.000000612. The van der Waals surface area contributed by atoms with Gasteiger partial charge in [0.25, 0.3) is 6.47 Å². The Bertz CT molecular complexity index is 469. The second kappa shape index (κ2) is 7.84. The monoisotopic (exact) mass is 298 g/mol. The van der Waals surface area contributed by atoms with Gasteiger partial charge >= 0.3 is 0 Å². The zero-order valence-electron chi connectivity index (χ0n) is 11.9. The van der Waals surface area contributed by atoms with Crippen LogP contribution in [0.5, 0.6) is 0 Å². The number of nitrogens with zero attached hydrogens (tertiary/aromatic N) is 2. The number of fused-ring (bicyclic) bond motifs is 1. The number of aryl methyl sites for hydroxylation is 1. The molecule has 112 valence electrons. The molecule has 20 heavy (non-hydrogen) atoms. The van der Waals surface area contributed by atoms with E-state index in [2.05, 4.69) is 23.8 Å². The van der Waals surface area contributed by atoms with Crippen LogP contribution in [0, 0.1) is 5.92 Å². The zero-order valence-corrected chi connectivity index (χ0v) is 12.7. The molecule has 0 aromatic carbocycles. The summed E-state index contributed by atoms with van der Waals surface area (Å²) >= 11 is 1.64. The second-order valence-electron chi connectivity index (χ2n) is 4.83. The molecule has 2 atom stereocenters. The molecule has 5 N–H and O–H groups in total. The first-order valence-corrected chi connectivity index (χ1v) is 7.52. The van der Waals surface area contributed by atoms with E-state index >= 15 is 0 Å². The van der Waals surface area contributed by atoms with Crippen molar-refractivity contribution in [3.8, 4) is 0 Å². The van der Waals surface area contributed by atoms with Crippen LogP contribution in [-0.4, -0.2) is 22.5 Å². The van der Waals surface area contributed by atoms with Crippen molar-refractivity contribution in [2.45, 2.75) is 45.4 Å². The normalized spacial score (nSPS) is 18.2. The van der Waals surface area contributed by atoms with E-state index in [4.69, 9.17) is 21.4 Å². The summed E-state index contributed by atoms with van der Waals surface area (Å²) in [6, 6.07) is 0. The molecule has 0 radical (unpaired) electrons. The van der Waals surface area contributed by atoms with Crippen molar-refractivity contribution < 1.29 is 9.90 Å². The van der Waals surface area contributed by atoms with Gasteiger partial charge in [0, 0.05) is 10.8 Å². The highest BCUT2D eigenvalue weighted by molar-refractivity contribution is 7.15. The largest absolute Gasteiger partial charge is 0.483 e. The van der Waals surface area contributed by atoms with Crippen LogP contribution in [0.1, 0.15) is 49.6 Å². The Labute approximate surface area is 122 Å². The highest BCUT2D eigenvalue weighted by Crippen LogP contribution is 2.41. The van der Waals surface area contributed by atoms with Gasteiger partial charge in [-0.15, -0.1) is 0 Å². The summed E-state index contributed by atoms with van der Waals surface area (Å²) in [5, 5.41) is 7.60. The number of aromatic nitrogens is 1. The Morgan fingerprint density at radius 3 is 2.85 bits per heavy atom. The van der Waals surface area contributed by atoms with Gasteiger partial charge in [0.2, 0.25) is 5.13 Å². The molecule has 0 saturated heterocycles. The number of carbonyl (C=O) groups is 1. The van der Waals surface area contributed by atoms with Gasteiger partial charge in [0.1, 0.15) is 0 Å². The third-order valence-corrected chi connectivity index (χ3v) is 4.57. The Morgan fingerprint density at radius 1 is 1.65 bits per heavy atom. The number of carboxylic acid groups (broad SMARTS) is 1. The summed E-state index contributed by atoms with van der Waals surface area (Å²) in [5.41, 5.74) is 12.0. The van der Waals surface area contributed by atoms with Gasteiger partial charge in [-0.3, -0.25) is 4.79 Å². The van der Waals surface area contributed by atoms with E-state index in [1.54, 1.807) is 11.3 Å². The number of guanidine groups is 1. The number of rotatable bonds is 3. The van der Waals surface area contributed by atoms with E-state index in [-0.39, 0.29) is 12.4 Å². The van der Waals surface area contributed by atoms with E-state index in [1.165, 1.54) is 29.8 Å². The van der Waals surface area contributed by atoms with Crippen LogP contribution in [0.2, 0.25) is 0 Å². The maximum Gasteiger partial charge on any atom is 0.290 e. The van der Waals surface area contributed by atoms with Crippen molar-refractivity contribution in [2.75, 3.05) is 0 Å². The topological polar surface area (TPSA) is 115 Å². The van der Waals surface area contributed by atoms with E-state index in [0.29, 0.717) is 17.0 Å². The third-order valence-electron chi connectivity index (χ3n) is 3.54. The molecule has 6 nitrogen and oxygen atoms in total. The zero-order chi connectivity index (χ0) is 15.1. The lowest BCUT2D eigenvalue weighted by Crippen LogP contribution is -2.21. The van der Waals surface area contributed by atoms with Crippen LogP contribution < -0.4 is 11.5 Å². The predicted molar refractivity (Wildman–Crippen MR) is 81.4 cm³/mol. The molecule has 1 aliphatic carbocycles. The highest BCUT2D eigenvalue weighted by atomic mass is 32.1. The Kier molecular flexibility index (Phi) is 6.44. The summed E-state index contributed by atoms with van der Waals surface area (Å²) < 4.78 is 0. The maximum absolute atomic E-state index is 8.36. The van der Waals surface area contributed by atoms with Crippen LogP contribution in [0.15, 0.2) is 4.99 Å². The van der Waals surface area contributed by atoms with Crippen molar-refractivity contribution in [3.05, 3.63) is 10.6 Å². The SMILES string of the molecule is CCC(C)C1CCCc2sc(N=C(N)N)nc21.O=CO. The average Bonchev–Trinajstić information content (AvgIpc) is 2.79. The lowest BCUT2D eigenvalue weighted by molar-refractivity contribution is -0.122. The van der Waals surface area contributed by atoms with Gasteiger partial charge in [0.05, 0.1) is 5.69 Å². The number of aliphatic imine (C=N–C) groups is 1. The second-order valence-corrected chi connectivity index (χ2v) is 5.89. The standard InChI is InChI=1S/C12H20N4S.CH2O2/c1-3-7(2)8-5-4-6-9-10(8)15-12(17-9)16-11(13)14;2-1-3/h7-8H,3-6H2,1-2H3,(H4,13,14,15,16);1H,(H,2,3). The number of nitrogens with two attached hydrogens (primary N) is 2. The van der Waals surface area contributed by atoms with Gasteiger partial charge in [0.15, 0.2) is 5.96 Å². The predicted octanol–water partition coefficient (Wildman–Crippen LogP) is 2.21. The molecule has 0 bridgehead atoms. The summed E-state index contributed by atoms with van der Waals surface area (Å²) in [7, 11) is 0. The minimum atomic E-state index is -0.250. The molecule has 0 spiro atoms. The number of thiazole rings is 1. The van der Waals surface area contributed by atoms with E-state index in [0.717, 1.165) is 6.42 Å². The molecule has 0 amide bonds. The van der Waals surface area contributed by atoms with Gasteiger partial charge in [-0.25, -0.2) is 4.98 Å². The lowest BCUT2D eigenvalue weighted by atomic mass is 9.81. The van der Waals surface area contributed by atoms with Crippen molar-refractivity contribution >= 4 is 28.9 Å². The molecule has 1 aliphatic rings. The molecule has 0 fully saturated rings. The fraction of sp³-hybridized carbons (Fsp3) is 0.615. The molecule has 2 rings (SSSR count). The summed E-state index contributed by atoms with van der Waals surface area (Å²) in [5.74, 6) is 1.36. The molecule has 2 unspecified atom stereocenters. The van der Waals surface area contributed by atoms with Gasteiger partial charge in [-0.2, -0.15) is 4.99 Å². The Hall–Kier alpha value is -1.63. The number of hydrogen-bond donors (Lipinski definition) is 3. The molecule has 1 heterocycles. The van der Waals surface area contributed by atoms with Gasteiger partial charge in [-0.05, 0) is 25.2 Å². The summed E-state index contributed by atoms with van der Waals surface area (Å²) in [6.45, 7) is 4.29. The maximum atomic E-state index is 8.36. The van der Waals surface area contributed by atoms with Crippen LogP contribution in [-0.2, 0) is 11.2 Å². The third kappa shape index (κ3) is 4.19. The minimum Gasteiger partial charge on any atom is -0.483 e. The van der Waals surface area contributed by atoms with Crippen molar-refractivity contribution in [1.29, 1.82) is 0 Å². The quantitative estimate of drug-likeness (QED) is 0.449. The first-order valence-electron chi connectivity index (χ1n) is 6.70. The molecule has 7 heteroatoms. The first kappa shape index (κ1) is 16.4. The van der Waals surface area contributed by atoms with Crippen LogP contribution in [0.4, 0.5) is 5.13 Å². The van der Waals surface area contributed by atoms with E-state index in [1.807, 2.05) is 0 Å². The van der Waals surface area contributed by atoms with Crippen molar-refractivity contribution in [3.63, 3.8) is 0 Å². The fourth-order valence-corrected chi connectivity index (χ4v) is 3.50. The average molecular weight is 298 g/mol. The van der Waals surface area contributed by atoms with Crippen LogP contribution >= 0.6 is 11.3 Å². The highest BCUT2D eigenvalue weighted by Gasteiger charge is 2.28. The molecule has 0 aliphatic heterocycles. The van der Waals surface area contributed by atoms with Gasteiger partial charge in [-0.1, -0.05) is 31.6 Å². The van der Waals surface area contributed by atoms with Crippen molar-refractivity contribution in [2.24, 2.45) is 22.4 Å². The van der Waals surface area contributed by atoms with Crippen molar-refractivity contribution in [1.82, 2.24) is 4.98 Å². The van der Waals surface area contributed by atoms with Gasteiger partial charge < -0.3 is 16.6 Å². The fourth-order valence-electron chi connectivity index (χ4n) is 2.44. The first-order chi connectivity index (χ1) is 9.53. The van der Waals surface area contributed by atoms with Crippen LogP contribution in [0.25, 0.3) is 0 Å². The van der Waals surface area contributed by atoms with E-state index in [9.17, 15) is 0 Å².